The molecule has 3 aromatic carbocycles. The Morgan fingerprint density at radius 1 is 1.06 bits per heavy atom. The predicted octanol–water partition coefficient (Wildman–Crippen LogP) is 6.28. The number of carbonyl (C=O) groups is 1. The number of aliphatic imine (C=N–C) groups is 1. The highest BCUT2D eigenvalue weighted by atomic mass is 35.5. The molecule has 0 fully saturated rings. The number of aliphatic hydroxyl groups excluding tert-OH is 1. The lowest BCUT2D eigenvalue weighted by Gasteiger charge is -2.24. The third-order valence-electron chi connectivity index (χ3n) is 6.41. The van der Waals surface area contributed by atoms with Gasteiger partial charge >= 0.3 is 0 Å². The Bertz CT molecular complexity index is 1290. The molecule has 3 aromatic rings. The summed E-state index contributed by atoms with van der Waals surface area (Å²) in [7, 11) is 1.71. The van der Waals surface area contributed by atoms with Crippen molar-refractivity contribution in [2.75, 3.05) is 11.9 Å². The van der Waals surface area contributed by atoms with Crippen molar-refractivity contribution in [2.24, 2.45) is 4.99 Å². The van der Waals surface area contributed by atoms with E-state index in [2.05, 4.69) is 32.9 Å². The Kier molecular flexibility index (Phi) is 6.98. The number of carbonyl (C=O) groups excluding carboxylic acids is 1. The topological polar surface area (TPSA) is 52.9 Å². The van der Waals surface area contributed by atoms with Gasteiger partial charge < -0.3 is 10.0 Å². The Morgan fingerprint density at radius 3 is 2.34 bits per heavy atom. The van der Waals surface area contributed by atoms with E-state index in [0.29, 0.717) is 22.0 Å². The highest BCUT2D eigenvalue weighted by Gasteiger charge is 2.35. The second kappa shape index (κ2) is 9.80. The van der Waals surface area contributed by atoms with Crippen LogP contribution < -0.4 is 4.90 Å². The van der Waals surface area contributed by atoms with Gasteiger partial charge in [0.1, 0.15) is 6.10 Å². The summed E-state index contributed by atoms with van der Waals surface area (Å²) in [5.74, 6) is -0.275. The number of hydrogen-bond acceptors (Lipinski definition) is 3. The second-order valence-corrected chi connectivity index (χ2v) is 10.5. The molecule has 0 saturated heterocycles. The van der Waals surface area contributed by atoms with Gasteiger partial charge in [0.2, 0.25) is 0 Å². The number of likely N-dealkylation sites (N-methyl/N-ethyl adjacent to an activating group) is 1. The van der Waals surface area contributed by atoms with Gasteiger partial charge in [-0.2, -0.15) is 0 Å². The van der Waals surface area contributed by atoms with Crippen molar-refractivity contribution in [3.05, 3.63) is 106 Å². The largest absolute Gasteiger partial charge is 0.386 e. The molecule has 4 rings (SSSR count). The first-order valence-electron chi connectivity index (χ1n) is 11.7. The van der Waals surface area contributed by atoms with E-state index in [4.69, 9.17) is 16.6 Å². The lowest BCUT2D eigenvalue weighted by Crippen LogP contribution is -2.42. The number of nitrogens with zero attached hydrogens (tertiary/aromatic N) is 2. The van der Waals surface area contributed by atoms with Crippen LogP contribution in [0.5, 0.6) is 0 Å². The van der Waals surface area contributed by atoms with Gasteiger partial charge in [-0.05, 0) is 47.2 Å². The van der Waals surface area contributed by atoms with Crippen LogP contribution in [0.2, 0.25) is 5.02 Å². The minimum atomic E-state index is -1.09. The van der Waals surface area contributed by atoms with Crippen molar-refractivity contribution in [3.63, 3.8) is 0 Å². The highest BCUT2D eigenvalue weighted by molar-refractivity contribution is 6.32. The Labute approximate surface area is 212 Å². The molecule has 1 N–H and O–H groups in total. The fourth-order valence-electron chi connectivity index (χ4n) is 4.28. The maximum atomic E-state index is 13.5. The summed E-state index contributed by atoms with van der Waals surface area (Å²) in [4.78, 5) is 19.9. The van der Waals surface area contributed by atoms with Crippen LogP contribution in [0.15, 0.2) is 83.4 Å². The van der Waals surface area contributed by atoms with Crippen LogP contribution >= 0.6 is 11.6 Å². The maximum Gasteiger partial charge on any atom is 0.254 e. The molecule has 0 bridgehead atoms. The summed E-state index contributed by atoms with van der Waals surface area (Å²) in [5.41, 5.74) is 5.88. The SMILES string of the molecule is C/C(=C\c1ccc(C(C)(C)C)cc1)[C@H](O)[C@@H]1N=C(c2ccccc2)c2cc(Cl)ccc2N(C)C1=O. The summed E-state index contributed by atoms with van der Waals surface area (Å²) in [6.45, 7) is 8.36. The van der Waals surface area contributed by atoms with E-state index in [1.165, 1.54) is 5.56 Å². The lowest BCUT2D eigenvalue weighted by molar-refractivity contribution is -0.121. The molecule has 1 heterocycles. The van der Waals surface area contributed by atoms with Crippen LogP contribution in [0, 0.1) is 0 Å². The van der Waals surface area contributed by atoms with Gasteiger partial charge in [-0.15, -0.1) is 0 Å². The van der Waals surface area contributed by atoms with E-state index in [0.717, 1.165) is 16.7 Å². The van der Waals surface area contributed by atoms with Crippen molar-refractivity contribution >= 4 is 35.0 Å². The number of amides is 1. The standard InChI is InChI=1S/C30H31ClN2O2/c1-19(17-20-11-13-22(14-12-20)30(2,3)4)28(34)27-29(35)33(5)25-16-15-23(31)18-24(25)26(32-27)21-9-7-6-8-10-21/h6-18,27-28,34H,1-5H3/b19-17+/t27-,28-/m0/s1. The van der Waals surface area contributed by atoms with Crippen molar-refractivity contribution in [2.45, 2.75) is 45.3 Å². The van der Waals surface area contributed by atoms with Crippen molar-refractivity contribution in [1.82, 2.24) is 0 Å². The normalized spacial score (nSPS) is 17.5. The van der Waals surface area contributed by atoms with Crippen LogP contribution in [-0.2, 0) is 10.2 Å². The molecule has 0 radical (unpaired) electrons. The molecule has 1 aliphatic rings. The summed E-state index contributed by atoms with van der Waals surface area (Å²) in [6.07, 6.45) is 0.826. The van der Waals surface area contributed by atoms with Gasteiger partial charge in [-0.3, -0.25) is 9.79 Å². The molecule has 5 heteroatoms. The maximum absolute atomic E-state index is 13.5. The number of fused-ring (bicyclic) bond motifs is 1. The smallest absolute Gasteiger partial charge is 0.254 e. The van der Waals surface area contributed by atoms with Crippen LogP contribution in [0.3, 0.4) is 0 Å². The molecule has 0 spiro atoms. The molecule has 1 aliphatic heterocycles. The minimum absolute atomic E-state index is 0.0641. The van der Waals surface area contributed by atoms with Crippen molar-refractivity contribution in [3.8, 4) is 0 Å². The van der Waals surface area contributed by atoms with E-state index in [9.17, 15) is 9.90 Å². The molecular weight excluding hydrogens is 456 g/mol. The zero-order valence-electron chi connectivity index (χ0n) is 20.8. The number of benzene rings is 3. The molecule has 0 saturated carbocycles. The molecule has 35 heavy (non-hydrogen) atoms. The van der Waals surface area contributed by atoms with E-state index < -0.39 is 12.1 Å². The van der Waals surface area contributed by atoms with Gasteiger partial charge in [0.25, 0.3) is 5.91 Å². The summed E-state index contributed by atoms with van der Waals surface area (Å²) >= 11 is 6.33. The summed E-state index contributed by atoms with van der Waals surface area (Å²) in [5, 5.41) is 11.9. The quantitative estimate of drug-likeness (QED) is 0.471. The second-order valence-electron chi connectivity index (χ2n) is 10.1. The Morgan fingerprint density at radius 2 is 1.71 bits per heavy atom. The lowest BCUT2D eigenvalue weighted by atomic mass is 9.86. The van der Waals surface area contributed by atoms with E-state index in [1.807, 2.05) is 67.6 Å². The van der Waals surface area contributed by atoms with E-state index in [1.54, 1.807) is 18.0 Å². The zero-order chi connectivity index (χ0) is 25.3. The Balaban J connectivity index is 1.76. The number of halogens is 1. The van der Waals surface area contributed by atoms with Crippen LogP contribution in [0.25, 0.3) is 6.08 Å². The number of benzodiazepines with no additional fused rings is 1. The first-order chi connectivity index (χ1) is 16.6. The third-order valence-corrected chi connectivity index (χ3v) is 6.65. The number of aliphatic hydroxyl groups is 1. The number of rotatable bonds is 4. The number of anilines is 1. The first kappa shape index (κ1) is 24.9. The molecule has 0 aliphatic carbocycles. The van der Waals surface area contributed by atoms with Gasteiger partial charge in [0.15, 0.2) is 6.04 Å². The minimum Gasteiger partial charge on any atom is -0.386 e. The molecule has 0 unspecified atom stereocenters. The molecule has 1 amide bonds. The fourth-order valence-corrected chi connectivity index (χ4v) is 4.45. The number of hydrogen-bond donors (Lipinski definition) is 1. The Hall–Kier alpha value is -3.21. The highest BCUT2D eigenvalue weighted by Crippen LogP contribution is 2.32. The van der Waals surface area contributed by atoms with Crippen LogP contribution in [-0.4, -0.2) is 35.9 Å². The average molecular weight is 487 g/mol. The third kappa shape index (κ3) is 5.24. The van der Waals surface area contributed by atoms with Gasteiger partial charge in [0, 0.05) is 23.2 Å². The van der Waals surface area contributed by atoms with Gasteiger partial charge in [0.05, 0.1) is 11.4 Å². The molecular formula is C30H31ClN2O2. The van der Waals surface area contributed by atoms with Crippen molar-refractivity contribution in [1.29, 1.82) is 0 Å². The van der Waals surface area contributed by atoms with Gasteiger partial charge in [-0.1, -0.05) is 93.0 Å². The molecule has 4 nitrogen and oxygen atoms in total. The summed E-state index contributed by atoms with van der Waals surface area (Å²) in [6, 6.07) is 22.4. The van der Waals surface area contributed by atoms with Crippen LogP contribution in [0.4, 0.5) is 5.69 Å². The first-order valence-corrected chi connectivity index (χ1v) is 12.1. The van der Waals surface area contributed by atoms with Crippen molar-refractivity contribution < 1.29 is 9.90 Å². The van der Waals surface area contributed by atoms with Crippen LogP contribution in [0.1, 0.15) is 49.9 Å². The van der Waals surface area contributed by atoms with E-state index in [-0.39, 0.29) is 11.3 Å². The fraction of sp³-hybridized carbons (Fsp3) is 0.267. The monoisotopic (exact) mass is 486 g/mol. The molecule has 2 atom stereocenters. The predicted molar refractivity (Wildman–Crippen MR) is 146 cm³/mol. The average Bonchev–Trinajstić information content (AvgIpc) is 2.93. The molecule has 0 aromatic heterocycles. The van der Waals surface area contributed by atoms with Gasteiger partial charge in [-0.25, -0.2) is 0 Å². The zero-order valence-corrected chi connectivity index (χ0v) is 21.5. The summed E-state index contributed by atoms with van der Waals surface area (Å²) < 4.78 is 0. The molecule has 180 valence electrons. The van der Waals surface area contributed by atoms with E-state index >= 15 is 0 Å².